The molecule has 1 aromatic heterocycles. The lowest BCUT2D eigenvalue weighted by Crippen LogP contribution is -2.21. The molecule has 0 aliphatic heterocycles. The molecule has 1 spiro atoms. The van der Waals surface area contributed by atoms with Gasteiger partial charge in [0.25, 0.3) is 15.9 Å². The number of rotatable bonds is 5. The van der Waals surface area contributed by atoms with Gasteiger partial charge >= 0.3 is 0 Å². The average Bonchev–Trinajstić information content (AvgIpc) is 3.45. The van der Waals surface area contributed by atoms with E-state index in [1.807, 2.05) is 12.1 Å². The molecular weight excluding hydrogens is 510 g/mol. The predicted octanol–water partition coefficient (Wildman–Crippen LogP) is 4.17. The van der Waals surface area contributed by atoms with Crippen LogP contribution < -0.4 is 14.8 Å². The summed E-state index contributed by atoms with van der Waals surface area (Å²) in [5.74, 6) is 0.501. The van der Waals surface area contributed by atoms with E-state index in [2.05, 4.69) is 37.2 Å². The van der Waals surface area contributed by atoms with E-state index in [9.17, 15) is 13.2 Å². The number of carbonyl (C=O) groups excluding carboxylic acids is 1. The van der Waals surface area contributed by atoms with Crippen molar-refractivity contribution in [1.29, 1.82) is 0 Å². The Morgan fingerprint density at radius 3 is 2.67 bits per heavy atom. The SMILES string of the molecule is CNC(=O)c1cc(OC)c(S(=O)(=O)Nc2noc3c2CC2(CC2)c2ccc(Br)cc2-3)cc1C. The molecule has 8 nitrogen and oxygen atoms in total. The number of carbonyl (C=O) groups is 1. The van der Waals surface area contributed by atoms with Crippen LogP contribution in [-0.4, -0.2) is 33.6 Å². The van der Waals surface area contributed by atoms with E-state index in [-0.39, 0.29) is 27.8 Å². The molecule has 1 heterocycles. The summed E-state index contributed by atoms with van der Waals surface area (Å²) in [5, 5.41) is 6.62. The van der Waals surface area contributed by atoms with Crippen LogP contribution in [0.15, 0.2) is 44.2 Å². The zero-order valence-corrected chi connectivity index (χ0v) is 20.7. The summed E-state index contributed by atoms with van der Waals surface area (Å²) in [6.45, 7) is 1.67. The van der Waals surface area contributed by atoms with Crippen molar-refractivity contribution in [3.63, 3.8) is 0 Å². The minimum absolute atomic E-state index is 0.00177. The van der Waals surface area contributed by atoms with E-state index < -0.39 is 10.0 Å². The zero-order valence-electron chi connectivity index (χ0n) is 18.3. The van der Waals surface area contributed by atoms with Gasteiger partial charge in [-0.1, -0.05) is 27.2 Å². The molecule has 10 heteroatoms. The molecule has 1 fully saturated rings. The molecule has 0 saturated heterocycles. The number of sulfonamides is 1. The first-order valence-corrected chi connectivity index (χ1v) is 12.7. The summed E-state index contributed by atoms with van der Waals surface area (Å²) in [6.07, 6.45) is 2.73. The van der Waals surface area contributed by atoms with Crippen LogP contribution in [-0.2, 0) is 21.9 Å². The smallest absolute Gasteiger partial charge is 0.266 e. The number of anilines is 1. The standard InChI is InChI=1S/C23H22BrN3O5S/c1-12-8-19(18(31-3)10-14(12)22(28)25-2)33(29,30)27-21-16-11-23(6-7-23)17-5-4-13(24)9-15(17)20(16)32-26-21/h4-5,8-10H,6-7,11H2,1-3H3,(H,25,28)(H,26,27). The maximum Gasteiger partial charge on any atom is 0.266 e. The number of nitrogens with one attached hydrogen (secondary N) is 2. The minimum atomic E-state index is -4.07. The lowest BCUT2D eigenvalue weighted by atomic mass is 9.79. The van der Waals surface area contributed by atoms with Gasteiger partial charge < -0.3 is 14.6 Å². The van der Waals surface area contributed by atoms with Crippen LogP contribution in [0.2, 0.25) is 0 Å². The zero-order chi connectivity index (χ0) is 23.5. The summed E-state index contributed by atoms with van der Waals surface area (Å²) in [5.41, 5.74) is 3.74. The van der Waals surface area contributed by atoms with Crippen LogP contribution >= 0.6 is 15.9 Å². The van der Waals surface area contributed by atoms with E-state index in [0.717, 1.165) is 28.4 Å². The lowest BCUT2D eigenvalue weighted by molar-refractivity contribution is 0.0962. The predicted molar refractivity (Wildman–Crippen MR) is 126 cm³/mol. The molecule has 1 saturated carbocycles. The maximum absolute atomic E-state index is 13.4. The number of aryl methyl sites for hydroxylation is 1. The Kier molecular flexibility index (Phi) is 5.06. The van der Waals surface area contributed by atoms with Gasteiger partial charge in [-0.25, -0.2) is 8.42 Å². The average molecular weight is 532 g/mol. The second-order valence-corrected chi connectivity index (χ2v) is 11.1. The van der Waals surface area contributed by atoms with Gasteiger partial charge in [-0.3, -0.25) is 9.52 Å². The summed E-state index contributed by atoms with van der Waals surface area (Å²) in [7, 11) is -1.20. The quantitative estimate of drug-likeness (QED) is 0.511. The first kappa shape index (κ1) is 22.0. The van der Waals surface area contributed by atoms with E-state index in [0.29, 0.717) is 23.3 Å². The van der Waals surface area contributed by atoms with Crippen molar-refractivity contribution in [2.24, 2.45) is 0 Å². The Hall–Kier alpha value is -2.85. The third-order valence-electron chi connectivity index (χ3n) is 6.46. The third kappa shape index (κ3) is 3.52. The van der Waals surface area contributed by atoms with Crippen LogP contribution in [0.4, 0.5) is 5.82 Å². The molecule has 172 valence electrons. The molecule has 5 rings (SSSR count). The first-order valence-electron chi connectivity index (χ1n) is 10.4. The Labute approximate surface area is 199 Å². The number of amides is 1. The van der Waals surface area contributed by atoms with Crippen molar-refractivity contribution in [2.75, 3.05) is 18.9 Å². The normalized spacial score (nSPS) is 15.5. The molecule has 2 aliphatic carbocycles. The second kappa shape index (κ2) is 7.59. The highest BCUT2D eigenvalue weighted by Gasteiger charge is 2.50. The summed E-state index contributed by atoms with van der Waals surface area (Å²) < 4.78 is 41.2. The Balaban J connectivity index is 1.56. The van der Waals surface area contributed by atoms with Crippen LogP contribution in [0.3, 0.4) is 0 Å². The van der Waals surface area contributed by atoms with Gasteiger partial charge in [0.2, 0.25) is 0 Å². The molecule has 0 atom stereocenters. The molecule has 1 amide bonds. The fourth-order valence-electron chi connectivity index (χ4n) is 4.56. The molecule has 0 radical (unpaired) electrons. The highest BCUT2D eigenvalue weighted by molar-refractivity contribution is 9.10. The largest absolute Gasteiger partial charge is 0.495 e. The minimum Gasteiger partial charge on any atom is -0.495 e. The van der Waals surface area contributed by atoms with Gasteiger partial charge in [0, 0.05) is 33.6 Å². The summed E-state index contributed by atoms with van der Waals surface area (Å²) >= 11 is 3.51. The Morgan fingerprint density at radius 1 is 1.24 bits per heavy atom. The fraction of sp³-hybridized carbons (Fsp3) is 0.304. The van der Waals surface area contributed by atoms with Crippen LogP contribution in [0.1, 0.15) is 39.9 Å². The van der Waals surface area contributed by atoms with Gasteiger partial charge in [-0.2, -0.15) is 0 Å². The number of aromatic nitrogens is 1. The second-order valence-electron chi connectivity index (χ2n) is 8.49. The topological polar surface area (TPSA) is 111 Å². The van der Waals surface area contributed by atoms with Crippen molar-refractivity contribution in [1.82, 2.24) is 10.5 Å². The van der Waals surface area contributed by atoms with Gasteiger partial charge in [-0.15, -0.1) is 0 Å². The van der Waals surface area contributed by atoms with E-state index in [1.54, 1.807) is 6.92 Å². The highest BCUT2D eigenvalue weighted by Crippen LogP contribution is 2.58. The van der Waals surface area contributed by atoms with Crippen molar-refractivity contribution < 1.29 is 22.5 Å². The van der Waals surface area contributed by atoms with Crippen molar-refractivity contribution >= 4 is 37.7 Å². The van der Waals surface area contributed by atoms with Crippen molar-refractivity contribution in [3.8, 4) is 17.1 Å². The highest BCUT2D eigenvalue weighted by atomic mass is 79.9. The molecule has 2 aliphatic rings. The molecule has 0 bridgehead atoms. The molecule has 33 heavy (non-hydrogen) atoms. The number of methoxy groups -OCH3 is 1. The summed E-state index contributed by atoms with van der Waals surface area (Å²) in [6, 6.07) is 8.95. The number of ether oxygens (including phenoxy) is 1. The van der Waals surface area contributed by atoms with E-state index in [1.165, 1.54) is 31.9 Å². The van der Waals surface area contributed by atoms with Crippen LogP contribution in [0.5, 0.6) is 5.75 Å². The number of hydrogen-bond donors (Lipinski definition) is 2. The lowest BCUT2D eigenvalue weighted by Gasteiger charge is -2.24. The molecule has 2 N–H and O–H groups in total. The van der Waals surface area contributed by atoms with E-state index in [4.69, 9.17) is 9.26 Å². The number of nitrogens with zero attached hydrogens (tertiary/aromatic N) is 1. The summed E-state index contributed by atoms with van der Waals surface area (Å²) in [4.78, 5) is 12.0. The Bertz CT molecular complexity index is 1410. The number of halogens is 1. The van der Waals surface area contributed by atoms with Crippen molar-refractivity contribution in [2.45, 2.75) is 36.5 Å². The number of fused-ring (bicyclic) bond motifs is 4. The monoisotopic (exact) mass is 531 g/mol. The van der Waals surface area contributed by atoms with Crippen LogP contribution in [0, 0.1) is 6.92 Å². The van der Waals surface area contributed by atoms with Gasteiger partial charge in [0.15, 0.2) is 11.6 Å². The molecule has 2 aromatic carbocycles. The Morgan fingerprint density at radius 2 is 2.00 bits per heavy atom. The van der Waals surface area contributed by atoms with Crippen molar-refractivity contribution in [3.05, 3.63) is 57.1 Å². The fourth-order valence-corrected chi connectivity index (χ4v) is 6.18. The van der Waals surface area contributed by atoms with Gasteiger partial charge in [0.05, 0.1) is 7.11 Å². The number of benzene rings is 2. The maximum atomic E-state index is 13.4. The molecule has 0 unspecified atom stereocenters. The first-order chi connectivity index (χ1) is 15.7. The van der Waals surface area contributed by atoms with E-state index >= 15 is 0 Å². The van der Waals surface area contributed by atoms with Crippen LogP contribution in [0.25, 0.3) is 11.3 Å². The van der Waals surface area contributed by atoms with Gasteiger partial charge in [0.1, 0.15) is 10.6 Å². The van der Waals surface area contributed by atoms with Gasteiger partial charge in [-0.05, 0) is 61.6 Å². The molecule has 3 aromatic rings. The third-order valence-corrected chi connectivity index (χ3v) is 8.31. The number of hydrogen-bond acceptors (Lipinski definition) is 6. The molecular formula is C23H22BrN3O5S.